The van der Waals surface area contributed by atoms with Gasteiger partial charge in [0.25, 0.3) is 0 Å². The van der Waals surface area contributed by atoms with E-state index in [1.165, 1.54) is 12.1 Å². The largest absolute Gasteiger partial charge is 0.423 e. The Bertz CT molecular complexity index is 960. The van der Waals surface area contributed by atoms with E-state index in [4.69, 9.17) is 4.42 Å². The van der Waals surface area contributed by atoms with Gasteiger partial charge in [-0.25, -0.2) is 9.59 Å². The summed E-state index contributed by atoms with van der Waals surface area (Å²) < 4.78 is 5.21. The molecule has 0 N–H and O–H groups in total. The van der Waals surface area contributed by atoms with Crippen molar-refractivity contribution in [3.63, 3.8) is 0 Å². The van der Waals surface area contributed by atoms with Crippen molar-refractivity contribution in [3.8, 4) is 0 Å². The van der Waals surface area contributed by atoms with Crippen LogP contribution in [0.3, 0.4) is 0 Å². The van der Waals surface area contributed by atoms with Crippen LogP contribution >= 0.6 is 0 Å². The smallest absolute Gasteiger partial charge is 0.336 e. The van der Waals surface area contributed by atoms with Gasteiger partial charge in [0.1, 0.15) is 5.58 Å². The number of rotatable bonds is 5. The van der Waals surface area contributed by atoms with Gasteiger partial charge < -0.3 is 4.42 Å². The first-order chi connectivity index (χ1) is 12.0. The van der Waals surface area contributed by atoms with Gasteiger partial charge in [0.15, 0.2) is 0 Å². The monoisotopic (exact) mass is 340 g/mol. The topological polar surface area (TPSA) is 87.9 Å². The first kappa shape index (κ1) is 16.6. The Morgan fingerprint density at radius 1 is 1.08 bits per heavy atom. The van der Waals surface area contributed by atoms with E-state index >= 15 is 0 Å². The molecule has 3 rings (SSSR count). The minimum Gasteiger partial charge on any atom is -0.423 e. The number of hydrogen-bond donors (Lipinski definition) is 0. The molecule has 25 heavy (non-hydrogen) atoms. The van der Waals surface area contributed by atoms with Gasteiger partial charge in [-0.3, -0.25) is 19.4 Å². The fourth-order valence-corrected chi connectivity index (χ4v) is 2.78. The molecule has 1 aliphatic rings. The molecule has 2 heterocycles. The maximum atomic E-state index is 12.3. The molecule has 0 spiro atoms. The van der Waals surface area contributed by atoms with Crippen LogP contribution in [-0.4, -0.2) is 34.2 Å². The van der Waals surface area contributed by atoms with Gasteiger partial charge in [-0.1, -0.05) is 25.1 Å². The average Bonchev–Trinajstić information content (AvgIpc) is 2.79. The number of imide groups is 2. The molecule has 0 radical (unpaired) electrons. The van der Waals surface area contributed by atoms with Crippen LogP contribution in [0.4, 0.5) is 4.79 Å². The van der Waals surface area contributed by atoms with E-state index in [0.717, 1.165) is 21.8 Å². The highest BCUT2D eigenvalue weighted by Crippen LogP contribution is 2.23. The highest BCUT2D eigenvalue weighted by Gasteiger charge is 2.43. The number of urea groups is 1. The van der Waals surface area contributed by atoms with Crippen LogP contribution in [0.2, 0.25) is 0 Å². The molecule has 0 aliphatic carbocycles. The molecule has 4 amide bonds. The lowest BCUT2D eigenvalue weighted by Gasteiger charge is -2.15. The van der Waals surface area contributed by atoms with Crippen LogP contribution in [0.1, 0.15) is 18.1 Å². The maximum absolute atomic E-state index is 12.3. The van der Waals surface area contributed by atoms with Crippen molar-refractivity contribution >= 4 is 28.8 Å². The number of hydrogen-bond acceptors (Lipinski definition) is 5. The lowest BCUT2D eigenvalue weighted by atomic mass is 10.1. The quantitative estimate of drug-likeness (QED) is 0.359. The number of carbonyl (C=O) groups is 3. The first-order valence-corrected chi connectivity index (χ1v) is 7.80. The van der Waals surface area contributed by atoms with E-state index < -0.39 is 23.5 Å². The summed E-state index contributed by atoms with van der Waals surface area (Å²) in [5.41, 5.74) is 1.25. The van der Waals surface area contributed by atoms with Crippen LogP contribution in [0.5, 0.6) is 0 Å². The fourth-order valence-electron chi connectivity index (χ4n) is 2.78. The second kappa shape index (κ2) is 6.35. The van der Waals surface area contributed by atoms with Gasteiger partial charge in [0.2, 0.25) is 0 Å². The number of amides is 4. The summed E-state index contributed by atoms with van der Waals surface area (Å²) in [6, 6.07) is 5.93. The van der Waals surface area contributed by atoms with Crippen molar-refractivity contribution in [2.45, 2.75) is 19.9 Å². The molecule has 0 saturated carbocycles. The first-order valence-electron chi connectivity index (χ1n) is 7.80. The van der Waals surface area contributed by atoms with Crippen LogP contribution in [0, 0.1) is 0 Å². The second-order valence-corrected chi connectivity index (χ2v) is 5.65. The Morgan fingerprint density at radius 2 is 1.80 bits per heavy atom. The Hall–Kier alpha value is -3.22. The summed E-state index contributed by atoms with van der Waals surface area (Å²) in [4.78, 5) is 49.8. The molecule has 1 fully saturated rings. The summed E-state index contributed by atoms with van der Waals surface area (Å²) in [5.74, 6) is -1.82. The highest BCUT2D eigenvalue weighted by molar-refractivity contribution is 6.44. The van der Waals surface area contributed by atoms with Gasteiger partial charge in [-0.05, 0) is 23.6 Å². The molecule has 7 nitrogen and oxygen atoms in total. The van der Waals surface area contributed by atoms with Crippen molar-refractivity contribution in [1.29, 1.82) is 0 Å². The third-order valence-corrected chi connectivity index (χ3v) is 4.08. The Kier molecular flexibility index (Phi) is 4.22. The van der Waals surface area contributed by atoms with E-state index in [1.54, 1.807) is 12.1 Å². The zero-order valence-corrected chi connectivity index (χ0v) is 13.7. The van der Waals surface area contributed by atoms with Crippen molar-refractivity contribution < 1.29 is 18.8 Å². The molecule has 0 bridgehead atoms. The lowest BCUT2D eigenvalue weighted by molar-refractivity contribution is -0.143. The number of benzene rings is 1. The van der Waals surface area contributed by atoms with Gasteiger partial charge in [-0.2, -0.15) is 0 Å². The molecule has 2 aromatic rings. The van der Waals surface area contributed by atoms with Gasteiger partial charge in [0.05, 0.1) is 6.54 Å². The number of aryl methyl sites for hydroxylation is 1. The molecule has 1 aromatic carbocycles. The van der Waals surface area contributed by atoms with E-state index in [2.05, 4.69) is 6.58 Å². The summed E-state index contributed by atoms with van der Waals surface area (Å²) in [6.07, 6.45) is 2.14. The Morgan fingerprint density at radius 3 is 2.48 bits per heavy atom. The predicted octanol–water partition coefficient (Wildman–Crippen LogP) is 1.83. The molecule has 128 valence electrons. The van der Waals surface area contributed by atoms with E-state index in [1.807, 2.05) is 13.0 Å². The Balaban J connectivity index is 2.02. The van der Waals surface area contributed by atoms with Crippen LogP contribution in [0.15, 0.2) is 46.1 Å². The van der Waals surface area contributed by atoms with Crippen molar-refractivity contribution in [2.24, 2.45) is 0 Å². The van der Waals surface area contributed by atoms with E-state index in [9.17, 15) is 19.2 Å². The van der Waals surface area contributed by atoms with Crippen LogP contribution < -0.4 is 5.63 Å². The SMILES string of the molecule is C=CCN1C(=O)C(=O)N(Cc2cc(=O)oc3cc(CC)ccc23)C1=O. The predicted molar refractivity (Wildman–Crippen MR) is 89.7 cm³/mol. The number of fused-ring (bicyclic) bond motifs is 1. The lowest BCUT2D eigenvalue weighted by Crippen LogP contribution is -2.33. The fraction of sp³-hybridized carbons (Fsp3) is 0.222. The molecule has 1 aliphatic heterocycles. The summed E-state index contributed by atoms with van der Waals surface area (Å²) in [6.45, 7) is 5.22. The second-order valence-electron chi connectivity index (χ2n) is 5.65. The molecule has 7 heteroatoms. The van der Waals surface area contributed by atoms with Gasteiger partial charge in [-0.15, -0.1) is 6.58 Å². The van der Waals surface area contributed by atoms with E-state index in [-0.39, 0.29) is 13.1 Å². The van der Waals surface area contributed by atoms with Crippen LogP contribution in [-0.2, 0) is 22.6 Å². The van der Waals surface area contributed by atoms with Crippen molar-refractivity contribution in [1.82, 2.24) is 9.80 Å². The molecule has 0 unspecified atom stereocenters. The standard InChI is InChI=1S/C18H16N2O5/c1-3-7-19-16(22)17(23)20(18(19)24)10-12-9-15(21)25-14-8-11(4-2)5-6-13(12)14/h3,5-6,8-9H,1,4,7,10H2,2H3. The minimum atomic E-state index is -0.918. The van der Waals surface area contributed by atoms with Gasteiger partial charge >= 0.3 is 23.5 Å². The van der Waals surface area contributed by atoms with Crippen molar-refractivity contribution in [3.05, 3.63) is 58.5 Å². The van der Waals surface area contributed by atoms with Crippen molar-refractivity contribution in [2.75, 3.05) is 6.54 Å². The third kappa shape index (κ3) is 2.84. The van der Waals surface area contributed by atoms with E-state index in [0.29, 0.717) is 16.5 Å². The maximum Gasteiger partial charge on any atom is 0.336 e. The minimum absolute atomic E-state index is 0.0442. The summed E-state index contributed by atoms with van der Waals surface area (Å²) >= 11 is 0. The molecular formula is C18H16N2O5. The number of nitrogens with zero attached hydrogens (tertiary/aromatic N) is 2. The summed E-state index contributed by atoms with van der Waals surface area (Å²) in [7, 11) is 0. The Labute approximate surface area is 143 Å². The zero-order valence-electron chi connectivity index (χ0n) is 13.7. The number of carbonyl (C=O) groups excluding carboxylic acids is 3. The average molecular weight is 340 g/mol. The normalized spacial score (nSPS) is 14.7. The molecule has 1 saturated heterocycles. The summed E-state index contributed by atoms with van der Waals surface area (Å²) in [5, 5.41) is 0.618. The van der Waals surface area contributed by atoms with Gasteiger partial charge in [0, 0.05) is 18.0 Å². The molecule has 1 aromatic heterocycles. The highest BCUT2D eigenvalue weighted by atomic mass is 16.4. The third-order valence-electron chi connectivity index (χ3n) is 4.08. The zero-order chi connectivity index (χ0) is 18.1. The van der Waals surface area contributed by atoms with Crippen LogP contribution in [0.25, 0.3) is 11.0 Å². The molecule has 0 atom stereocenters. The molecular weight excluding hydrogens is 324 g/mol.